The van der Waals surface area contributed by atoms with Gasteiger partial charge < -0.3 is 9.84 Å². The van der Waals surface area contributed by atoms with Crippen molar-refractivity contribution in [2.24, 2.45) is 0 Å². The van der Waals surface area contributed by atoms with Crippen molar-refractivity contribution in [3.8, 4) is 0 Å². The van der Waals surface area contributed by atoms with Crippen LogP contribution in [0, 0.1) is 0 Å². The number of hydrogen-bond donors (Lipinski definition) is 1. The minimum absolute atomic E-state index is 0.0811. The molecule has 1 N–H and O–H groups in total. The number of likely N-dealkylation sites (tertiary alicyclic amines) is 1. The number of ether oxygens (including phenoxy) is 1. The van der Waals surface area contributed by atoms with Crippen LogP contribution in [0.5, 0.6) is 0 Å². The van der Waals surface area contributed by atoms with Crippen molar-refractivity contribution in [1.29, 1.82) is 0 Å². The molecule has 7 nitrogen and oxygen atoms in total. The number of piperidine rings is 1. The summed E-state index contributed by atoms with van der Waals surface area (Å²) in [6, 6.07) is 0.319. The maximum atomic E-state index is 10.5. The predicted molar refractivity (Wildman–Crippen MR) is 76.9 cm³/mol. The van der Waals surface area contributed by atoms with Gasteiger partial charge in [-0.3, -0.25) is 9.69 Å². The quantitative estimate of drug-likeness (QED) is 0.817. The number of aliphatic carboxylic acids is 1. The molecule has 0 unspecified atom stereocenters. The van der Waals surface area contributed by atoms with Crippen molar-refractivity contribution in [2.75, 3.05) is 19.7 Å². The van der Waals surface area contributed by atoms with Crippen LogP contribution in [-0.2, 0) is 16.1 Å². The van der Waals surface area contributed by atoms with Gasteiger partial charge in [0.25, 0.3) is 0 Å². The van der Waals surface area contributed by atoms with Crippen molar-refractivity contribution < 1.29 is 14.6 Å². The summed E-state index contributed by atoms with van der Waals surface area (Å²) in [6.07, 6.45) is 3.75. The van der Waals surface area contributed by atoms with E-state index in [0.29, 0.717) is 12.6 Å². The summed E-state index contributed by atoms with van der Waals surface area (Å²) in [7, 11) is 0. The molecule has 1 saturated heterocycles. The first-order chi connectivity index (χ1) is 10.1. The summed E-state index contributed by atoms with van der Waals surface area (Å²) in [6.45, 7) is 7.20. The molecule has 1 aromatic rings. The van der Waals surface area contributed by atoms with Gasteiger partial charge in [-0.2, -0.15) is 5.10 Å². The average molecular weight is 296 g/mol. The molecule has 1 aromatic heterocycles. The van der Waals surface area contributed by atoms with Gasteiger partial charge in [0.2, 0.25) is 0 Å². The molecule has 0 bridgehead atoms. The largest absolute Gasteiger partial charge is 0.481 e. The zero-order valence-corrected chi connectivity index (χ0v) is 12.7. The zero-order valence-electron chi connectivity index (χ0n) is 12.7. The molecular weight excluding hydrogens is 272 g/mol. The second kappa shape index (κ2) is 7.51. The van der Waals surface area contributed by atoms with Crippen molar-refractivity contribution in [2.45, 2.75) is 51.8 Å². The molecule has 0 spiro atoms. The zero-order chi connectivity index (χ0) is 15.2. The van der Waals surface area contributed by atoms with Gasteiger partial charge in [0.15, 0.2) is 0 Å². The number of rotatable bonds is 7. The second-order valence-corrected chi connectivity index (χ2v) is 5.70. The Labute approximate surface area is 124 Å². The van der Waals surface area contributed by atoms with Gasteiger partial charge in [-0.1, -0.05) is 0 Å². The lowest BCUT2D eigenvalue weighted by Crippen LogP contribution is -2.37. The molecule has 2 heterocycles. The highest BCUT2D eigenvalue weighted by atomic mass is 16.5. The molecule has 7 heteroatoms. The van der Waals surface area contributed by atoms with Gasteiger partial charge in [-0.05, 0) is 26.7 Å². The topological polar surface area (TPSA) is 80.5 Å². The highest BCUT2D eigenvalue weighted by Crippen LogP contribution is 2.16. The number of carbonyl (C=O) groups is 1. The van der Waals surface area contributed by atoms with E-state index in [0.717, 1.165) is 38.3 Å². The van der Waals surface area contributed by atoms with Crippen LogP contribution in [0.3, 0.4) is 0 Å². The summed E-state index contributed by atoms with van der Waals surface area (Å²) in [5.74, 6) is 0.190. The molecule has 2 rings (SSSR count). The van der Waals surface area contributed by atoms with Gasteiger partial charge >= 0.3 is 5.97 Å². The Morgan fingerprint density at radius 1 is 1.48 bits per heavy atom. The minimum Gasteiger partial charge on any atom is -0.481 e. The maximum absolute atomic E-state index is 10.5. The summed E-state index contributed by atoms with van der Waals surface area (Å²) < 4.78 is 7.55. The summed E-state index contributed by atoms with van der Waals surface area (Å²) in [5, 5.41) is 12.8. The van der Waals surface area contributed by atoms with Gasteiger partial charge in [0.1, 0.15) is 12.2 Å². The van der Waals surface area contributed by atoms with Crippen LogP contribution in [0.2, 0.25) is 0 Å². The van der Waals surface area contributed by atoms with Crippen LogP contribution >= 0.6 is 0 Å². The molecule has 0 radical (unpaired) electrons. The van der Waals surface area contributed by atoms with Gasteiger partial charge in [-0.25, -0.2) is 9.67 Å². The summed E-state index contributed by atoms with van der Waals surface area (Å²) >= 11 is 0. The van der Waals surface area contributed by atoms with Crippen molar-refractivity contribution in [1.82, 2.24) is 19.7 Å². The second-order valence-electron chi connectivity index (χ2n) is 5.70. The van der Waals surface area contributed by atoms with Crippen molar-refractivity contribution >= 4 is 5.97 Å². The molecule has 118 valence electrons. The fourth-order valence-corrected chi connectivity index (χ4v) is 2.57. The lowest BCUT2D eigenvalue weighted by molar-refractivity contribution is -0.138. The van der Waals surface area contributed by atoms with E-state index in [-0.39, 0.29) is 12.5 Å². The number of carboxylic acids is 1. The lowest BCUT2D eigenvalue weighted by Gasteiger charge is -2.31. The van der Waals surface area contributed by atoms with E-state index in [1.807, 2.05) is 4.68 Å². The summed E-state index contributed by atoms with van der Waals surface area (Å²) in [5.41, 5.74) is 0. The number of carboxylic acid groups (broad SMARTS) is 1. The lowest BCUT2D eigenvalue weighted by atomic mass is 10.1. The predicted octanol–water partition coefficient (Wildman–Crippen LogP) is 1.31. The fraction of sp³-hybridized carbons (Fsp3) is 0.786. The Bertz CT molecular complexity index is 453. The Balaban J connectivity index is 1.74. The van der Waals surface area contributed by atoms with Crippen LogP contribution in [0.25, 0.3) is 0 Å². The molecule has 1 aliphatic rings. The monoisotopic (exact) mass is 296 g/mol. The van der Waals surface area contributed by atoms with E-state index >= 15 is 0 Å². The van der Waals surface area contributed by atoms with E-state index in [2.05, 4.69) is 28.8 Å². The normalized spacial score (nSPS) is 17.5. The van der Waals surface area contributed by atoms with E-state index in [9.17, 15) is 4.79 Å². The molecule has 21 heavy (non-hydrogen) atoms. The molecule has 0 saturated carbocycles. The van der Waals surface area contributed by atoms with E-state index in [4.69, 9.17) is 9.84 Å². The SMILES string of the molecule is CC(C)n1ncnc1CN1CCC(OCCC(=O)O)CC1. The minimum atomic E-state index is -0.805. The molecule has 0 atom stereocenters. The Kier molecular flexibility index (Phi) is 5.69. The maximum Gasteiger partial charge on any atom is 0.305 e. The van der Waals surface area contributed by atoms with Gasteiger partial charge in [0.05, 0.1) is 25.7 Å². The average Bonchev–Trinajstić information content (AvgIpc) is 2.89. The third kappa shape index (κ3) is 4.78. The van der Waals surface area contributed by atoms with Gasteiger partial charge in [0, 0.05) is 19.1 Å². The molecular formula is C14H24N4O3. The van der Waals surface area contributed by atoms with Crippen LogP contribution in [0.4, 0.5) is 0 Å². The van der Waals surface area contributed by atoms with Crippen LogP contribution < -0.4 is 0 Å². The molecule has 0 aromatic carbocycles. The molecule has 0 amide bonds. The Morgan fingerprint density at radius 2 is 2.19 bits per heavy atom. The third-order valence-corrected chi connectivity index (χ3v) is 3.71. The first kappa shape index (κ1) is 15.9. The van der Waals surface area contributed by atoms with Crippen molar-refractivity contribution in [3.63, 3.8) is 0 Å². The van der Waals surface area contributed by atoms with Crippen molar-refractivity contribution in [3.05, 3.63) is 12.2 Å². The first-order valence-electron chi connectivity index (χ1n) is 7.50. The van der Waals surface area contributed by atoms with Gasteiger partial charge in [-0.15, -0.1) is 0 Å². The first-order valence-corrected chi connectivity index (χ1v) is 7.50. The molecule has 1 aliphatic heterocycles. The Morgan fingerprint density at radius 3 is 2.81 bits per heavy atom. The number of aromatic nitrogens is 3. The molecule has 1 fully saturated rings. The fourth-order valence-electron chi connectivity index (χ4n) is 2.57. The smallest absolute Gasteiger partial charge is 0.305 e. The third-order valence-electron chi connectivity index (χ3n) is 3.71. The number of nitrogens with zero attached hydrogens (tertiary/aromatic N) is 4. The van der Waals surface area contributed by atoms with E-state index in [1.165, 1.54) is 0 Å². The van der Waals surface area contributed by atoms with Crippen LogP contribution in [-0.4, -0.2) is 56.5 Å². The van der Waals surface area contributed by atoms with E-state index in [1.54, 1.807) is 6.33 Å². The standard InChI is InChI=1S/C14H24N4O3/c1-11(2)18-13(15-10-16-18)9-17-6-3-12(4-7-17)21-8-5-14(19)20/h10-12H,3-9H2,1-2H3,(H,19,20). The number of hydrogen-bond acceptors (Lipinski definition) is 5. The van der Waals surface area contributed by atoms with Crippen LogP contribution in [0.1, 0.15) is 45.0 Å². The Hall–Kier alpha value is -1.47. The highest BCUT2D eigenvalue weighted by Gasteiger charge is 2.21. The highest BCUT2D eigenvalue weighted by molar-refractivity contribution is 5.66. The van der Waals surface area contributed by atoms with E-state index < -0.39 is 5.97 Å². The summed E-state index contributed by atoms with van der Waals surface area (Å²) in [4.78, 5) is 17.1. The molecule has 0 aliphatic carbocycles. The van der Waals surface area contributed by atoms with Crippen LogP contribution in [0.15, 0.2) is 6.33 Å².